The first-order chi connectivity index (χ1) is 7.36. The van der Waals surface area contributed by atoms with Crippen LogP contribution in [0.2, 0.25) is 0 Å². The number of hydrogen-bond acceptors (Lipinski definition) is 3. The summed E-state index contributed by atoms with van der Waals surface area (Å²) in [6, 6.07) is 2.76. The van der Waals surface area contributed by atoms with E-state index in [0.717, 1.165) is 12.1 Å². The van der Waals surface area contributed by atoms with E-state index in [1.54, 1.807) is 0 Å². The van der Waals surface area contributed by atoms with Gasteiger partial charge in [-0.15, -0.1) is 0 Å². The summed E-state index contributed by atoms with van der Waals surface area (Å²) in [5.74, 6) is -0.605. The van der Waals surface area contributed by atoms with Gasteiger partial charge in [-0.25, -0.2) is 4.79 Å². The highest BCUT2D eigenvalue weighted by molar-refractivity contribution is 5.89. The van der Waals surface area contributed by atoms with Crippen molar-refractivity contribution in [2.75, 3.05) is 7.11 Å². The lowest BCUT2D eigenvalue weighted by Gasteiger charge is -2.15. The molecule has 1 aromatic rings. The second-order valence-electron chi connectivity index (χ2n) is 3.13. The van der Waals surface area contributed by atoms with E-state index in [4.69, 9.17) is 5.73 Å². The predicted octanol–water partition coefficient (Wildman–Crippen LogP) is 2.04. The molecule has 0 aliphatic carbocycles. The Balaban J connectivity index is 2.91. The van der Waals surface area contributed by atoms with E-state index < -0.39 is 18.2 Å². The summed E-state index contributed by atoms with van der Waals surface area (Å²) >= 11 is 0. The normalized spacial score (nSPS) is 13.3. The quantitative estimate of drug-likeness (QED) is 0.795. The fourth-order valence-corrected chi connectivity index (χ4v) is 1.13. The zero-order valence-corrected chi connectivity index (χ0v) is 8.41. The number of carbonyl (C=O) groups excluding carboxylic acids is 1. The summed E-state index contributed by atoms with van der Waals surface area (Å²) in [7, 11) is 1.19. The van der Waals surface area contributed by atoms with Gasteiger partial charge in [0.05, 0.1) is 12.7 Å². The fourth-order valence-electron chi connectivity index (χ4n) is 1.13. The van der Waals surface area contributed by atoms with E-state index in [9.17, 15) is 18.0 Å². The molecule has 0 saturated heterocycles. The summed E-state index contributed by atoms with van der Waals surface area (Å²) in [5.41, 5.74) is 5.07. The average Bonchev–Trinajstić information content (AvgIpc) is 2.26. The third-order valence-electron chi connectivity index (χ3n) is 2.04. The maximum Gasteiger partial charge on any atom is 0.407 e. The van der Waals surface area contributed by atoms with Gasteiger partial charge in [-0.1, -0.05) is 12.1 Å². The number of nitrogens with two attached hydrogens (primary N) is 1. The van der Waals surface area contributed by atoms with Gasteiger partial charge in [-0.2, -0.15) is 13.2 Å². The zero-order chi connectivity index (χ0) is 12.3. The highest BCUT2D eigenvalue weighted by Gasteiger charge is 2.37. The fraction of sp³-hybridized carbons (Fsp3) is 0.300. The standard InChI is InChI=1S/C10H10F3NO2/c1-16-9(15)7-4-2-6(3-5-7)8(14)10(11,12)13/h2-5,8H,14H2,1H3. The molecule has 16 heavy (non-hydrogen) atoms. The molecule has 1 unspecified atom stereocenters. The first-order valence-electron chi connectivity index (χ1n) is 4.37. The number of halogens is 3. The molecule has 0 spiro atoms. The Morgan fingerprint density at radius 3 is 2.19 bits per heavy atom. The molecule has 2 N–H and O–H groups in total. The second-order valence-corrected chi connectivity index (χ2v) is 3.13. The van der Waals surface area contributed by atoms with Crippen molar-refractivity contribution in [3.05, 3.63) is 35.4 Å². The molecular formula is C10H10F3NO2. The maximum atomic E-state index is 12.2. The number of benzene rings is 1. The van der Waals surface area contributed by atoms with Crippen LogP contribution in [-0.2, 0) is 4.74 Å². The van der Waals surface area contributed by atoms with Gasteiger partial charge in [-0.3, -0.25) is 0 Å². The summed E-state index contributed by atoms with van der Waals surface area (Å²) < 4.78 is 41.1. The van der Waals surface area contributed by atoms with Crippen molar-refractivity contribution in [1.82, 2.24) is 0 Å². The van der Waals surface area contributed by atoms with Crippen LogP contribution in [0.15, 0.2) is 24.3 Å². The minimum absolute atomic E-state index is 0.0971. The van der Waals surface area contributed by atoms with Crippen molar-refractivity contribution in [2.24, 2.45) is 5.73 Å². The molecular weight excluding hydrogens is 223 g/mol. The average molecular weight is 233 g/mol. The number of esters is 1. The zero-order valence-electron chi connectivity index (χ0n) is 8.41. The molecule has 0 bridgehead atoms. The SMILES string of the molecule is COC(=O)c1ccc(C(N)C(F)(F)F)cc1. The molecule has 88 valence electrons. The largest absolute Gasteiger partial charge is 0.465 e. The molecule has 6 heteroatoms. The van der Waals surface area contributed by atoms with Gasteiger partial charge in [-0.05, 0) is 17.7 Å². The Morgan fingerprint density at radius 1 is 1.31 bits per heavy atom. The van der Waals surface area contributed by atoms with Crippen LogP contribution in [-0.4, -0.2) is 19.3 Å². The Bertz CT molecular complexity index is 373. The monoisotopic (exact) mass is 233 g/mol. The van der Waals surface area contributed by atoms with Crippen LogP contribution in [0.4, 0.5) is 13.2 Å². The third kappa shape index (κ3) is 2.73. The second kappa shape index (κ2) is 4.52. The molecule has 0 radical (unpaired) electrons. The number of methoxy groups -OCH3 is 1. The molecule has 0 fully saturated rings. The highest BCUT2D eigenvalue weighted by Crippen LogP contribution is 2.30. The smallest absolute Gasteiger partial charge is 0.407 e. The molecule has 1 aromatic carbocycles. The van der Waals surface area contributed by atoms with E-state index in [1.165, 1.54) is 19.2 Å². The van der Waals surface area contributed by atoms with Crippen LogP contribution >= 0.6 is 0 Å². The van der Waals surface area contributed by atoms with Crippen molar-refractivity contribution < 1.29 is 22.7 Å². The van der Waals surface area contributed by atoms with Crippen molar-refractivity contribution in [2.45, 2.75) is 12.2 Å². The summed E-state index contributed by atoms with van der Waals surface area (Å²) in [6.07, 6.45) is -4.49. The molecule has 0 aromatic heterocycles. The van der Waals surface area contributed by atoms with Gasteiger partial charge in [0.2, 0.25) is 0 Å². The minimum atomic E-state index is -4.49. The maximum absolute atomic E-state index is 12.2. The van der Waals surface area contributed by atoms with Crippen LogP contribution in [0.1, 0.15) is 22.0 Å². The van der Waals surface area contributed by atoms with Crippen molar-refractivity contribution in [1.29, 1.82) is 0 Å². The predicted molar refractivity (Wildman–Crippen MR) is 50.8 cm³/mol. The number of hydrogen-bond donors (Lipinski definition) is 1. The number of rotatable bonds is 2. The van der Waals surface area contributed by atoms with E-state index in [-0.39, 0.29) is 11.1 Å². The Hall–Kier alpha value is -1.56. The molecule has 0 saturated carbocycles. The van der Waals surface area contributed by atoms with Gasteiger partial charge >= 0.3 is 12.1 Å². The molecule has 0 heterocycles. The van der Waals surface area contributed by atoms with Gasteiger partial charge < -0.3 is 10.5 Å². The molecule has 0 aliphatic rings. The lowest BCUT2D eigenvalue weighted by molar-refractivity contribution is -0.149. The van der Waals surface area contributed by atoms with Crippen LogP contribution < -0.4 is 5.73 Å². The highest BCUT2D eigenvalue weighted by atomic mass is 19.4. The molecule has 0 aliphatic heterocycles. The minimum Gasteiger partial charge on any atom is -0.465 e. The van der Waals surface area contributed by atoms with Gasteiger partial charge in [0.25, 0.3) is 0 Å². The lowest BCUT2D eigenvalue weighted by Crippen LogP contribution is -2.28. The number of ether oxygens (including phenoxy) is 1. The topological polar surface area (TPSA) is 52.3 Å². The van der Waals surface area contributed by atoms with Gasteiger partial charge in [0.1, 0.15) is 6.04 Å². The van der Waals surface area contributed by atoms with Crippen molar-refractivity contribution in [3.63, 3.8) is 0 Å². The molecule has 0 amide bonds. The Labute approximate surface area is 90.0 Å². The molecule has 1 atom stereocenters. The van der Waals surface area contributed by atoms with Crippen LogP contribution in [0.25, 0.3) is 0 Å². The summed E-state index contributed by atoms with van der Waals surface area (Å²) in [4.78, 5) is 11.0. The van der Waals surface area contributed by atoms with Crippen molar-refractivity contribution >= 4 is 5.97 Å². The molecule has 1 rings (SSSR count). The van der Waals surface area contributed by atoms with E-state index in [2.05, 4.69) is 4.74 Å². The first kappa shape index (κ1) is 12.5. The Kier molecular flexibility index (Phi) is 3.54. The summed E-state index contributed by atoms with van der Waals surface area (Å²) in [6.45, 7) is 0. The van der Waals surface area contributed by atoms with Gasteiger partial charge in [0.15, 0.2) is 0 Å². The lowest BCUT2D eigenvalue weighted by atomic mass is 10.1. The van der Waals surface area contributed by atoms with Gasteiger partial charge in [0, 0.05) is 0 Å². The van der Waals surface area contributed by atoms with E-state index >= 15 is 0 Å². The summed E-state index contributed by atoms with van der Waals surface area (Å²) in [5, 5.41) is 0. The van der Waals surface area contributed by atoms with Crippen LogP contribution in [0.3, 0.4) is 0 Å². The van der Waals surface area contributed by atoms with Crippen molar-refractivity contribution in [3.8, 4) is 0 Å². The first-order valence-corrected chi connectivity index (χ1v) is 4.37. The Morgan fingerprint density at radius 2 is 1.81 bits per heavy atom. The molecule has 3 nitrogen and oxygen atoms in total. The van der Waals surface area contributed by atoms with Crippen LogP contribution in [0, 0.1) is 0 Å². The third-order valence-corrected chi connectivity index (χ3v) is 2.04. The van der Waals surface area contributed by atoms with E-state index in [1.807, 2.05) is 0 Å². The number of alkyl halides is 3. The van der Waals surface area contributed by atoms with E-state index in [0.29, 0.717) is 0 Å². The number of carbonyl (C=O) groups is 1. The van der Waals surface area contributed by atoms with Crippen LogP contribution in [0.5, 0.6) is 0 Å².